The first kappa shape index (κ1) is 17.0. The molecule has 1 aliphatic heterocycles. The SMILES string of the molecule is COC(=O)c1cc(C(=O)N2CCCC2)ccc1OCc1ccccc1. The smallest absolute Gasteiger partial charge is 0.341 e. The molecule has 1 amide bonds. The van der Waals surface area contributed by atoms with Gasteiger partial charge in [0.2, 0.25) is 0 Å². The summed E-state index contributed by atoms with van der Waals surface area (Å²) in [5, 5.41) is 0. The van der Waals surface area contributed by atoms with E-state index in [1.807, 2.05) is 30.3 Å². The number of benzene rings is 2. The van der Waals surface area contributed by atoms with Crippen LogP contribution in [-0.4, -0.2) is 37.0 Å². The topological polar surface area (TPSA) is 55.8 Å². The predicted octanol–water partition coefficient (Wildman–Crippen LogP) is 3.29. The number of hydrogen-bond acceptors (Lipinski definition) is 4. The fourth-order valence-corrected chi connectivity index (χ4v) is 2.90. The van der Waals surface area contributed by atoms with E-state index in [1.165, 1.54) is 7.11 Å². The number of rotatable bonds is 5. The Morgan fingerprint density at radius 2 is 1.76 bits per heavy atom. The lowest BCUT2D eigenvalue weighted by molar-refractivity contribution is 0.0595. The van der Waals surface area contributed by atoms with Crippen LogP contribution in [0.25, 0.3) is 0 Å². The summed E-state index contributed by atoms with van der Waals surface area (Å²) in [6, 6.07) is 14.6. The highest BCUT2D eigenvalue weighted by Gasteiger charge is 2.22. The molecule has 0 spiro atoms. The third kappa shape index (κ3) is 3.99. The van der Waals surface area contributed by atoms with Crippen molar-refractivity contribution in [1.82, 2.24) is 4.90 Å². The molecule has 0 saturated carbocycles. The van der Waals surface area contributed by atoms with E-state index >= 15 is 0 Å². The largest absolute Gasteiger partial charge is 0.488 e. The molecule has 0 unspecified atom stereocenters. The van der Waals surface area contributed by atoms with Crippen LogP contribution in [0.4, 0.5) is 0 Å². The molecule has 1 aliphatic rings. The molecular formula is C20H21NO4. The molecule has 1 fully saturated rings. The number of nitrogens with zero attached hydrogens (tertiary/aromatic N) is 1. The molecule has 5 nitrogen and oxygen atoms in total. The second kappa shape index (κ2) is 7.83. The zero-order valence-corrected chi connectivity index (χ0v) is 14.2. The molecule has 1 heterocycles. The number of carbonyl (C=O) groups is 2. The molecule has 0 bridgehead atoms. The van der Waals surface area contributed by atoms with Crippen molar-refractivity contribution in [3.63, 3.8) is 0 Å². The normalized spacial score (nSPS) is 13.6. The molecule has 0 aromatic heterocycles. The average molecular weight is 339 g/mol. The van der Waals surface area contributed by atoms with Crippen LogP contribution in [0, 0.1) is 0 Å². The molecule has 2 aromatic rings. The second-order valence-electron chi connectivity index (χ2n) is 5.98. The van der Waals surface area contributed by atoms with Crippen molar-refractivity contribution >= 4 is 11.9 Å². The van der Waals surface area contributed by atoms with Gasteiger partial charge in [-0.15, -0.1) is 0 Å². The van der Waals surface area contributed by atoms with Gasteiger partial charge >= 0.3 is 5.97 Å². The number of hydrogen-bond donors (Lipinski definition) is 0. The summed E-state index contributed by atoms with van der Waals surface area (Å²) in [6.45, 7) is 1.86. The average Bonchev–Trinajstić information content (AvgIpc) is 3.20. The zero-order valence-electron chi connectivity index (χ0n) is 14.2. The Morgan fingerprint density at radius 1 is 1.04 bits per heavy atom. The monoisotopic (exact) mass is 339 g/mol. The maximum atomic E-state index is 12.5. The maximum absolute atomic E-state index is 12.5. The molecule has 0 radical (unpaired) electrons. The fourth-order valence-electron chi connectivity index (χ4n) is 2.90. The highest BCUT2D eigenvalue weighted by molar-refractivity contribution is 5.99. The Hall–Kier alpha value is -2.82. The van der Waals surface area contributed by atoms with Crippen LogP contribution in [0.3, 0.4) is 0 Å². The lowest BCUT2D eigenvalue weighted by atomic mass is 10.1. The van der Waals surface area contributed by atoms with Crippen molar-refractivity contribution in [2.24, 2.45) is 0 Å². The van der Waals surface area contributed by atoms with Crippen molar-refractivity contribution in [2.75, 3.05) is 20.2 Å². The number of carbonyl (C=O) groups excluding carboxylic acids is 2. The Morgan fingerprint density at radius 3 is 2.44 bits per heavy atom. The molecule has 130 valence electrons. The van der Waals surface area contributed by atoms with Crippen molar-refractivity contribution in [2.45, 2.75) is 19.4 Å². The minimum absolute atomic E-state index is 0.0581. The molecule has 5 heteroatoms. The van der Waals surface area contributed by atoms with Crippen LogP contribution in [0.2, 0.25) is 0 Å². The minimum Gasteiger partial charge on any atom is -0.488 e. The van der Waals surface area contributed by atoms with Crippen LogP contribution in [0.5, 0.6) is 5.75 Å². The zero-order chi connectivity index (χ0) is 17.6. The summed E-state index contributed by atoms with van der Waals surface area (Å²) in [6.07, 6.45) is 2.04. The molecule has 25 heavy (non-hydrogen) atoms. The highest BCUT2D eigenvalue weighted by atomic mass is 16.5. The summed E-state index contributed by atoms with van der Waals surface area (Å²) in [4.78, 5) is 26.5. The second-order valence-corrected chi connectivity index (χ2v) is 5.98. The molecule has 0 N–H and O–H groups in total. The van der Waals surface area contributed by atoms with Gasteiger partial charge in [0.25, 0.3) is 5.91 Å². The van der Waals surface area contributed by atoms with Crippen molar-refractivity contribution in [3.8, 4) is 5.75 Å². The number of esters is 1. The van der Waals surface area contributed by atoms with Gasteiger partial charge in [0.05, 0.1) is 7.11 Å². The third-order valence-electron chi connectivity index (χ3n) is 4.26. The maximum Gasteiger partial charge on any atom is 0.341 e. The van der Waals surface area contributed by atoms with E-state index in [2.05, 4.69) is 0 Å². The van der Waals surface area contributed by atoms with Crippen LogP contribution < -0.4 is 4.74 Å². The summed E-state index contributed by atoms with van der Waals surface area (Å²) in [5.74, 6) is -0.162. The van der Waals surface area contributed by atoms with Crippen LogP contribution in [0.1, 0.15) is 39.1 Å². The van der Waals surface area contributed by atoms with E-state index in [1.54, 1.807) is 23.1 Å². The van der Waals surface area contributed by atoms with Gasteiger partial charge in [0.15, 0.2) is 0 Å². The minimum atomic E-state index is -0.515. The van der Waals surface area contributed by atoms with E-state index in [4.69, 9.17) is 9.47 Å². The quantitative estimate of drug-likeness (QED) is 0.785. The lowest BCUT2D eigenvalue weighted by Gasteiger charge is -2.17. The summed E-state index contributed by atoms with van der Waals surface area (Å²) in [5.41, 5.74) is 1.74. The molecule has 0 atom stereocenters. The Kier molecular flexibility index (Phi) is 5.33. The van der Waals surface area contributed by atoms with Crippen LogP contribution in [0.15, 0.2) is 48.5 Å². The summed E-state index contributed by atoms with van der Waals surface area (Å²) >= 11 is 0. The number of likely N-dealkylation sites (tertiary alicyclic amines) is 1. The van der Waals surface area contributed by atoms with Gasteiger partial charge in [0.1, 0.15) is 17.9 Å². The van der Waals surface area contributed by atoms with Crippen LogP contribution >= 0.6 is 0 Å². The summed E-state index contributed by atoms with van der Waals surface area (Å²) in [7, 11) is 1.32. The van der Waals surface area contributed by atoms with E-state index in [9.17, 15) is 9.59 Å². The van der Waals surface area contributed by atoms with Crippen molar-refractivity contribution in [1.29, 1.82) is 0 Å². The van der Waals surface area contributed by atoms with E-state index < -0.39 is 5.97 Å². The Bertz CT molecular complexity index is 752. The highest BCUT2D eigenvalue weighted by Crippen LogP contribution is 2.24. The summed E-state index contributed by atoms with van der Waals surface area (Å²) < 4.78 is 10.6. The van der Waals surface area contributed by atoms with Gasteiger partial charge in [-0.05, 0) is 36.6 Å². The molecule has 3 rings (SSSR count). The van der Waals surface area contributed by atoms with Gasteiger partial charge in [-0.3, -0.25) is 4.79 Å². The van der Waals surface area contributed by atoms with Gasteiger partial charge in [-0.2, -0.15) is 0 Å². The lowest BCUT2D eigenvalue weighted by Crippen LogP contribution is -2.27. The Balaban J connectivity index is 1.82. The first-order valence-corrected chi connectivity index (χ1v) is 8.37. The van der Waals surface area contributed by atoms with E-state index in [0.717, 1.165) is 31.5 Å². The standard InChI is InChI=1S/C20H21NO4/c1-24-20(23)17-13-16(19(22)21-11-5-6-12-21)9-10-18(17)25-14-15-7-3-2-4-8-15/h2-4,7-10,13H,5-6,11-12,14H2,1H3. The molecule has 0 aliphatic carbocycles. The van der Waals surface area contributed by atoms with Gasteiger partial charge in [0, 0.05) is 18.7 Å². The first-order valence-electron chi connectivity index (χ1n) is 8.37. The number of amides is 1. The van der Waals surface area contributed by atoms with E-state index in [0.29, 0.717) is 17.9 Å². The predicted molar refractivity (Wildman–Crippen MR) is 93.7 cm³/mol. The van der Waals surface area contributed by atoms with Gasteiger partial charge in [-0.25, -0.2) is 4.79 Å². The van der Waals surface area contributed by atoms with Crippen molar-refractivity contribution < 1.29 is 19.1 Å². The van der Waals surface area contributed by atoms with Gasteiger partial charge in [-0.1, -0.05) is 30.3 Å². The fraction of sp³-hybridized carbons (Fsp3) is 0.300. The first-order chi connectivity index (χ1) is 12.2. The molecular weight excluding hydrogens is 318 g/mol. The van der Waals surface area contributed by atoms with E-state index in [-0.39, 0.29) is 11.5 Å². The number of methoxy groups -OCH3 is 1. The van der Waals surface area contributed by atoms with Gasteiger partial charge < -0.3 is 14.4 Å². The number of ether oxygens (including phenoxy) is 2. The van der Waals surface area contributed by atoms with Crippen LogP contribution in [-0.2, 0) is 11.3 Å². The Labute approximate surface area is 147 Å². The molecule has 2 aromatic carbocycles. The molecule has 1 saturated heterocycles. The third-order valence-corrected chi connectivity index (χ3v) is 4.26. The van der Waals surface area contributed by atoms with Crippen molar-refractivity contribution in [3.05, 3.63) is 65.2 Å².